The van der Waals surface area contributed by atoms with Crippen molar-refractivity contribution in [3.63, 3.8) is 0 Å². The van der Waals surface area contributed by atoms with Gasteiger partial charge in [0.1, 0.15) is 0 Å². The van der Waals surface area contributed by atoms with Crippen molar-refractivity contribution in [1.29, 1.82) is 0 Å². The number of hydrogen-bond acceptors (Lipinski definition) is 5. The maximum Gasteiger partial charge on any atom is 0.338 e. The summed E-state index contributed by atoms with van der Waals surface area (Å²) in [6.07, 6.45) is 0. The summed E-state index contributed by atoms with van der Waals surface area (Å²) >= 11 is 3.41. The van der Waals surface area contributed by atoms with E-state index in [1.54, 1.807) is 0 Å². The Balaban J connectivity index is 1.94. The van der Waals surface area contributed by atoms with E-state index in [0.717, 1.165) is 15.6 Å². The van der Waals surface area contributed by atoms with E-state index in [1.165, 1.54) is 24.3 Å². The summed E-state index contributed by atoms with van der Waals surface area (Å²) in [5.41, 5.74) is 2.47. The van der Waals surface area contributed by atoms with Crippen molar-refractivity contribution in [2.75, 3.05) is 11.9 Å². The number of esters is 1. The van der Waals surface area contributed by atoms with Gasteiger partial charge in [0.2, 0.25) is 0 Å². The van der Waals surface area contributed by atoms with E-state index in [4.69, 9.17) is 4.74 Å². The van der Waals surface area contributed by atoms with E-state index in [-0.39, 0.29) is 11.3 Å². The summed E-state index contributed by atoms with van der Waals surface area (Å²) in [5.74, 6) is -1.20. The summed E-state index contributed by atoms with van der Waals surface area (Å²) in [6, 6.07) is 8.65. The van der Waals surface area contributed by atoms with Gasteiger partial charge in [-0.15, -0.1) is 0 Å². The molecule has 1 N–H and O–H groups in total. The fraction of sp³-hybridized carbons (Fsp3) is 0.176. The molecule has 0 fully saturated rings. The Labute approximate surface area is 152 Å². The van der Waals surface area contributed by atoms with Crippen LogP contribution < -0.4 is 5.32 Å². The molecule has 25 heavy (non-hydrogen) atoms. The van der Waals surface area contributed by atoms with Crippen molar-refractivity contribution in [3.8, 4) is 0 Å². The maximum atomic E-state index is 12.0. The topological polar surface area (TPSA) is 98.5 Å². The lowest BCUT2D eigenvalue weighted by molar-refractivity contribution is -0.384. The summed E-state index contributed by atoms with van der Waals surface area (Å²) in [5, 5.41) is 13.3. The molecule has 0 unspecified atom stereocenters. The highest BCUT2D eigenvalue weighted by atomic mass is 79.9. The minimum Gasteiger partial charge on any atom is -0.452 e. The van der Waals surface area contributed by atoms with E-state index in [2.05, 4.69) is 21.2 Å². The molecule has 2 aromatic carbocycles. The van der Waals surface area contributed by atoms with Crippen LogP contribution in [0.15, 0.2) is 40.9 Å². The van der Waals surface area contributed by atoms with Gasteiger partial charge in [-0.05, 0) is 49.2 Å². The molecule has 0 atom stereocenters. The fourth-order valence-corrected chi connectivity index (χ4v) is 2.49. The number of carbonyl (C=O) groups excluding carboxylic acids is 2. The van der Waals surface area contributed by atoms with E-state index >= 15 is 0 Å². The molecule has 0 aromatic heterocycles. The van der Waals surface area contributed by atoms with E-state index < -0.39 is 23.4 Å². The standard InChI is InChI=1S/C17H15BrN2O5/c1-10-8-15(11(2)7-14(10)18)19-16(21)9-25-17(22)12-3-5-13(6-4-12)20(23)24/h3-8H,9H2,1-2H3,(H,19,21). The van der Waals surface area contributed by atoms with Gasteiger partial charge >= 0.3 is 5.97 Å². The number of rotatable bonds is 5. The van der Waals surface area contributed by atoms with Crippen molar-refractivity contribution >= 4 is 39.2 Å². The average Bonchev–Trinajstić information content (AvgIpc) is 2.57. The van der Waals surface area contributed by atoms with Gasteiger partial charge in [0.05, 0.1) is 10.5 Å². The number of anilines is 1. The zero-order valence-corrected chi connectivity index (χ0v) is 15.1. The first-order valence-corrected chi connectivity index (χ1v) is 8.05. The van der Waals surface area contributed by atoms with Gasteiger partial charge in [0.15, 0.2) is 6.61 Å². The van der Waals surface area contributed by atoms with Crippen LogP contribution in [0.1, 0.15) is 21.5 Å². The second-order valence-corrected chi connectivity index (χ2v) is 6.20. The Morgan fingerprint density at radius 3 is 2.40 bits per heavy atom. The van der Waals surface area contributed by atoms with Crippen LogP contribution in [0.4, 0.5) is 11.4 Å². The molecule has 0 saturated heterocycles. The SMILES string of the molecule is Cc1cc(NC(=O)COC(=O)c2ccc([N+](=O)[O-])cc2)c(C)cc1Br. The van der Waals surface area contributed by atoms with Gasteiger partial charge in [0.25, 0.3) is 11.6 Å². The first kappa shape index (κ1) is 18.6. The molecule has 1 amide bonds. The summed E-state index contributed by atoms with van der Waals surface area (Å²) in [7, 11) is 0. The molecule has 7 nitrogen and oxygen atoms in total. The second kappa shape index (κ2) is 7.89. The molecule has 0 heterocycles. The number of hydrogen-bond donors (Lipinski definition) is 1. The van der Waals surface area contributed by atoms with Crippen LogP contribution in [-0.2, 0) is 9.53 Å². The molecule has 2 aromatic rings. The maximum absolute atomic E-state index is 12.0. The number of amides is 1. The zero-order chi connectivity index (χ0) is 18.6. The highest BCUT2D eigenvalue weighted by Gasteiger charge is 2.13. The largest absolute Gasteiger partial charge is 0.452 e. The Morgan fingerprint density at radius 1 is 1.16 bits per heavy atom. The summed E-state index contributed by atoms with van der Waals surface area (Å²) in [6.45, 7) is 3.29. The Kier molecular flexibility index (Phi) is 5.87. The number of nitrogens with zero attached hydrogens (tertiary/aromatic N) is 1. The first-order valence-electron chi connectivity index (χ1n) is 7.26. The molecule has 2 rings (SSSR count). The molecule has 0 bridgehead atoms. The molecule has 0 spiro atoms. The fourth-order valence-electron chi connectivity index (χ4n) is 2.04. The Hall–Kier alpha value is -2.74. The second-order valence-electron chi connectivity index (χ2n) is 5.34. The number of ether oxygens (including phenoxy) is 1. The quantitative estimate of drug-likeness (QED) is 0.462. The molecule has 0 aliphatic heterocycles. The van der Waals surface area contributed by atoms with Gasteiger partial charge in [0, 0.05) is 22.3 Å². The third kappa shape index (κ3) is 4.87. The van der Waals surface area contributed by atoms with Crippen LogP contribution in [0.25, 0.3) is 0 Å². The average molecular weight is 407 g/mol. The summed E-state index contributed by atoms with van der Waals surface area (Å²) in [4.78, 5) is 33.8. The number of nitro groups is 1. The molecule has 0 radical (unpaired) electrons. The first-order chi connectivity index (χ1) is 11.8. The molecular weight excluding hydrogens is 392 g/mol. The van der Waals surface area contributed by atoms with Gasteiger partial charge in [-0.1, -0.05) is 15.9 Å². The lowest BCUT2D eigenvalue weighted by Crippen LogP contribution is -2.21. The molecule has 8 heteroatoms. The number of carbonyl (C=O) groups is 2. The summed E-state index contributed by atoms with van der Waals surface area (Å²) < 4.78 is 5.86. The van der Waals surface area contributed by atoms with Crippen molar-refractivity contribution in [1.82, 2.24) is 0 Å². The number of halogens is 1. The van der Waals surface area contributed by atoms with Crippen LogP contribution in [0.5, 0.6) is 0 Å². The number of aryl methyl sites for hydroxylation is 2. The minimum absolute atomic E-state index is 0.129. The van der Waals surface area contributed by atoms with Gasteiger partial charge < -0.3 is 10.1 Å². The Morgan fingerprint density at radius 2 is 1.80 bits per heavy atom. The van der Waals surface area contributed by atoms with Gasteiger partial charge in [-0.25, -0.2) is 4.79 Å². The van der Waals surface area contributed by atoms with Crippen LogP contribution in [-0.4, -0.2) is 23.4 Å². The zero-order valence-electron chi connectivity index (χ0n) is 13.5. The van der Waals surface area contributed by atoms with Crippen molar-refractivity contribution in [2.24, 2.45) is 0 Å². The van der Waals surface area contributed by atoms with Crippen molar-refractivity contribution in [3.05, 3.63) is 67.7 Å². The molecular formula is C17H15BrN2O5. The van der Waals surface area contributed by atoms with E-state index in [0.29, 0.717) is 5.69 Å². The van der Waals surface area contributed by atoms with E-state index in [9.17, 15) is 19.7 Å². The van der Waals surface area contributed by atoms with Crippen molar-refractivity contribution < 1.29 is 19.2 Å². The predicted molar refractivity (Wildman–Crippen MR) is 95.6 cm³/mol. The van der Waals surface area contributed by atoms with Crippen LogP contribution >= 0.6 is 15.9 Å². The van der Waals surface area contributed by atoms with Crippen molar-refractivity contribution in [2.45, 2.75) is 13.8 Å². The van der Waals surface area contributed by atoms with Gasteiger partial charge in [-0.3, -0.25) is 14.9 Å². The third-order valence-electron chi connectivity index (χ3n) is 3.43. The molecule has 0 aliphatic carbocycles. The van der Waals surface area contributed by atoms with E-state index in [1.807, 2.05) is 26.0 Å². The number of nitro benzene ring substituents is 1. The third-order valence-corrected chi connectivity index (χ3v) is 4.28. The van der Waals surface area contributed by atoms with Crippen LogP contribution in [0, 0.1) is 24.0 Å². The minimum atomic E-state index is -0.728. The molecule has 0 aliphatic rings. The smallest absolute Gasteiger partial charge is 0.338 e. The molecule has 0 saturated carbocycles. The monoisotopic (exact) mass is 406 g/mol. The normalized spacial score (nSPS) is 10.2. The van der Waals surface area contributed by atoms with Crippen LogP contribution in [0.2, 0.25) is 0 Å². The number of nitrogens with one attached hydrogen (secondary N) is 1. The highest BCUT2D eigenvalue weighted by molar-refractivity contribution is 9.10. The Bertz CT molecular complexity index is 834. The van der Waals surface area contributed by atoms with Crippen LogP contribution in [0.3, 0.4) is 0 Å². The highest BCUT2D eigenvalue weighted by Crippen LogP contribution is 2.24. The number of non-ortho nitro benzene ring substituents is 1. The molecule has 130 valence electrons. The lowest BCUT2D eigenvalue weighted by atomic mass is 10.1. The predicted octanol–water partition coefficient (Wildman–Crippen LogP) is 3.77. The van der Waals surface area contributed by atoms with Gasteiger partial charge in [-0.2, -0.15) is 0 Å². The number of benzene rings is 2. The lowest BCUT2D eigenvalue weighted by Gasteiger charge is -2.11.